The van der Waals surface area contributed by atoms with E-state index in [9.17, 15) is 0 Å². The Kier molecular flexibility index (Phi) is 0.966. The van der Waals surface area contributed by atoms with Gasteiger partial charge in [-0.25, -0.2) is 0 Å². The van der Waals surface area contributed by atoms with Crippen LogP contribution in [0, 0.1) is 0 Å². The quantitative estimate of drug-likeness (QED) is 0.558. The molecule has 1 aromatic rings. The van der Waals surface area contributed by atoms with Gasteiger partial charge in [-0.05, 0) is 15.7 Å². The van der Waals surface area contributed by atoms with Crippen molar-refractivity contribution >= 4 is 0 Å². The molecule has 0 saturated carbocycles. The van der Waals surface area contributed by atoms with Crippen molar-refractivity contribution in [2.24, 2.45) is 20.7 Å². The van der Waals surface area contributed by atoms with E-state index in [2.05, 4.69) is 40.8 Å². The summed E-state index contributed by atoms with van der Waals surface area (Å²) in [5.74, 6) is 0.199. The minimum Gasteiger partial charge on any atom is -0.316 e. The fraction of sp³-hybridized carbons (Fsp3) is 0.500. The SMILES string of the molecule is N1=NC(c2nnno2)N=N1. The van der Waals surface area contributed by atoms with Crippen LogP contribution in [0.5, 0.6) is 0 Å². The van der Waals surface area contributed by atoms with Crippen LogP contribution < -0.4 is 0 Å². The first-order valence-electron chi connectivity index (χ1n) is 2.42. The van der Waals surface area contributed by atoms with Gasteiger partial charge >= 0.3 is 0 Å². The van der Waals surface area contributed by atoms with Gasteiger partial charge in [-0.1, -0.05) is 5.10 Å². The molecule has 2 rings (SSSR count). The summed E-state index contributed by atoms with van der Waals surface area (Å²) in [5, 5.41) is 23.4. The summed E-state index contributed by atoms with van der Waals surface area (Å²) in [6.45, 7) is 0. The van der Waals surface area contributed by atoms with Crippen molar-refractivity contribution in [1.29, 1.82) is 0 Å². The predicted octanol–water partition coefficient (Wildman–Crippen LogP) is 0.296. The lowest BCUT2D eigenvalue weighted by atomic mass is 10.5. The zero-order valence-corrected chi connectivity index (χ0v) is 4.62. The molecule has 0 aliphatic carbocycles. The number of hydrogen-bond acceptors (Lipinski definition) is 8. The molecule has 50 valence electrons. The van der Waals surface area contributed by atoms with E-state index in [0.29, 0.717) is 0 Å². The number of hydrogen-bond donors (Lipinski definition) is 0. The average molecular weight is 139 g/mol. The Morgan fingerprint density at radius 2 is 2.00 bits per heavy atom. The lowest BCUT2D eigenvalue weighted by molar-refractivity contribution is 0.343. The summed E-state index contributed by atoms with van der Waals surface area (Å²) in [4.78, 5) is 0. The van der Waals surface area contributed by atoms with Gasteiger partial charge in [0.2, 0.25) is 0 Å². The molecule has 0 fully saturated rings. The maximum Gasteiger partial charge on any atom is 0.298 e. The van der Waals surface area contributed by atoms with Crippen molar-refractivity contribution in [1.82, 2.24) is 15.6 Å². The van der Waals surface area contributed by atoms with Crippen LogP contribution in [0.25, 0.3) is 0 Å². The lowest BCUT2D eigenvalue weighted by Crippen LogP contribution is -1.87. The van der Waals surface area contributed by atoms with Gasteiger partial charge in [0.15, 0.2) is 0 Å². The van der Waals surface area contributed by atoms with Crippen molar-refractivity contribution in [3.8, 4) is 0 Å². The van der Waals surface area contributed by atoms with E-state index in [-0.39, 0.29) is 5.89 Å². The molecule has 0 unspecified atom stereocenters. The van der Waals surface area contributed by atoms with Crippen molar-refractivity contribution < 1.29 is 4.52 Å². The molecule has 0 radical (unpaired) electrons. The number of aromatic nitrogens is 3. The molecule has 1 aliphatic rings. The van der Waals surface area contributed by atoms with Gasteiger partial charge in [0.05, 0.1) is 5.27 Å². The van der Waals surface area contributed by atoms with Crippen molar-refractivity contribution in [2.75, 3.05) is 0 Å². The first-order chi connectivity index (χ1) is 4.97. The molecule has 0 N–H and O–H groups in total. The summed E-state index contributed by atoms with van der Waals surface area (Å²) in [6.07, 6.45) is -0.588. The Labute approximate surface area is 54.0 Å². The fourth-order valence-electron chi connectivity index (χ4n) is 0.505. The van der Waals surface area contributed by atoms with E-state index in [1.165, 1.54) is 0 Å². The fourth-order valence-corrected chi connectivity index (χ4v) is 0.505. The molecular weight excluding hydrogens is 138 g/mol. The molecule has 8 heteroatoms. The maximum atomic E-state index is 4.54. The first-order valence-corrected chi connectivity index (χ1v) is 2.42. The molecule has 1 aliphatic heterocycles. The van der Waals surface area contributed by atoms with Gasteiger partial charge in [0.1, 0.15) is 0 Å². The van der Waals surface area contributed by atoms with Crippen LogP contribution in [0.2, 0.25) is 0 Å². The Morgan fingerprint density at radius 1 is 1.20 bits per heavy atom. The van der Waals surface area contributed by atoms with Crippen LogP contribution >= 0.6 is 0 Å². The topological polar surface area (TPSA) is 101 Å². The molecule has 1 aromatic heterocycles. The second-order valence-corrected chi connectivity index (χ2v) is 1.48. The van der Waals surface area contributed by atoms with E-state index in [0.717, 1.165) is 0 Å². The predicted molar refractivity (Wildman–Crippen MR) is 24.5 cm³/mol. The molecular formula is C2HN7O. The van der Waals surface area contributed by atoms with E-state index >= 15 is 0 Å². The molecule has 0 bridgehead atoms. The molecule has 0 spiro atoms. The number of rotatable bonds is 1. The van der Waals surface area contributed by atoms with E-state index < -0.39 is 6.17 Å². The third-order valence-corrected chi connectivity index (χ3v) is 0.897. The Hall–Kier alpha value is -1.73. The van der Waals surface area contributed by atoms with Gasteiger partial charge in [0.25, 0.3) is 12.1 Å². The Morgan fingerprint density at radius 3 is 2.60 bits per heavy atom. The Balaban J connectivity index is 2.29. The zero-order chi connectivity index (χ0) is 6.81. The second kappa shape index (κ2) is 1.90. The van der Waals surface area contributed by atoms with Crippen LogP contribution in [0.3, 0.4) is 0 Å². The molecule has 2 heterocycles. The summed E-state index contributed by atoms with van der Waals surface area (Å²) < 4.78 is 4.54. The minimum absolute atomic E-state index is 0.199. The average Bonchev–Trinajstić information content (AvgIpc) is 2.59. The second-order valence-electron chi connectivity index (χ2n) is 1.48. The highest BCUT2D eigenvalue weighted by molar-refractivity contribution is 4.81. The Bertz CT molecular complexity index is 249. The first kappa shape index (κ1) is 5.09. The monoisotopic (exact) mass is 139 g/mol. The normalized spacial score (nSPS) is 16.8. The number of nitrogens with zero attached hydrogens (tertiary/aromatic N) is 7. The highest BCUT2D eigenvalue weighted by Crippen LogP contribution is 2.20. The maximum absolute atomic E-state index is 4.54. The van der Waals surface area contributed by atoms with Gasteiger partial charge in [-0.15, -0.1) is 10.2 Å². The minimum atomic E-state index is -0.588. The van der Waals surface area contributed by atoms with E-state index in [1.807, 2.05) is 0 Å². The third-order valence-electron chi connectivity index (χ3n) is 0.897. The van der Waals surface area contributed by atoms with Crippen LogP contribution in [0.4, 0.5) is 0 Å². The largest absolute Gasteiger partial charge is 0.316 e. The van der Waals surface area contributed by atoms with Crippen molar-refractivity contribution in [3.05, 3.63) is 5.89 Å². The molecule has 0 aromatic carbocycles. The van der Waals surface area contributed by atoms with E-state index in [1.54, 1.807) is 0 Å². The summed E-state index contributed by atoms with van der Waals surface area (Å²) >= 11 is 0. The van der Waals surface area contributed by atoms with Crippen LogP contribution in [0.15, 0.2) is 25.2 Å². The molecule has 10 heavy (non-hydrogen) atoms. The standard InChI is InChI=1S/C2HN7O/c3-1(4-7-6-3)2-5-8-9-10-2/h1H. The molecule has 0 amide bonds. The molecule has 8 nitrogen and oxygen atoms in total. The van der Waals surface area contributed by atoms with Crippen LogP contribution in [-0.2, 0) is 0 Å². The third kappa shape index (κ3) is 0.658. The highest BCUT2D eigenvalue weighted by atomic mass is 16.5. The van der Waals surface area contributed by atoms with Crippen LogP contribution in [-0.4, -0.2) is 15.6 Å². The van der Waals surface area contributed by atoms with Crippen molar-refractivity contribution in [2.45, 2.75) is 6.17 Å². The van der Waals surface area contributed by atoms with Gasteiger partial charge in [0, 0.05) is 0 Å². The van der Waals surface area contributed by atoms with Gasteiger partial charge in [-0.3, -0.25) is 0 Å². The molecule has 0 saturated heterocycles. The zero-order valence-electron chi connectivity index (χ0n) is 4.62. The lowest BCUT2D eigenvalue weighted by Gasteiger charge is -1.86. The molecule has 0 atom stereocenters. The summed E-state index contributed by atoms with van der Waals surface area (Å²) in [6, 6.07) is 0. The van der Waals surface area contributed by atoms with Crippen molar-refractivity contribution in [3.63, 3.8) is 0 Å². The van der Waals surface area contributed by atoms with Gasteiger partial charge < -0.3 is 4.52 Å². The summed E-state index contributed by atoms with van der Waals surface area (Å²) in [7, 11) is 0. The van der Waals surface area contributed by atoms with Crippen LogP contribution in [0.1, 0.15) is 12.1 Å². The summed E-state index contributed by atoms with van der Waals surface area (Å²) in [5.41, 5.74) is 0. The smallest absolute Gasteiger partial charge is 0.298 e. The van der Waals surface area contributed by atoms with Gasteiger partial charge in [-0.2, -0.15) is 0 Å². The highest BCUT2D eigenvalue weighted by Gasteiger charge is 2.18. The van der Waals surface area contributed by atoms with E-state index in [4.69, 9.17) is 0 Å².